The zero-order valence-corrected chi connectivity index (χ0v) is 14.2. The first-order valence-corrected chi connectivity index (χ1v) is 9.43. The summed E-state index contributed by atoms with van der Waals surface area (Å²) in [6, 6.07) is 3.95. The van der Waals surface area contributed by atoms with Gasteiger partial charge in [-0.05, 0) is 42.9 Å². The maximum Gasteiger partial charge on any atom is 0.236 e. The minimum absolute atomic E-state index is 0.0261. The van der Waals surface area contributed by atoms with Gasteiger partial charge in [-0.1, -0.05) is 6.92 Å². The van der Waals surface area contributed by atoms with Crippen LogP contribution in [0.2, 0.25) is 0 Å². The first-order valence-electron chi connectivity index (χ1n) is 7.46. The number of thioether (sulfide) groups is 1. The van der Waals surface area contributed by atoms with Crippen LogP contribution in [0.1, 0.15) is 29.5 Å². The van der Waals surface area contributed by atoms with Crippen molar-refractivity contribution in [2.75, 3.05) is 11.1 Å². The van der Waals surface area contributed by atoms with E-state index in [1.165, 1.54) is 22.6 Å². The molecular formula is C16H19N3OS2. The summed E-state index contributed by atoms with van der Waals surface area (Å²) in [5.74, 6) is 2.02. The molecule has 6 heteroatoms. The maximum atomic E-state index is 12.0. The number of nitrogens with zero attached hydrogens (tertiary/aromatic N) is 2. The fourth-order valence-corrected chi connectivity index (χ4v) is 4.46. The number of carbonyl (C=O) groups excluding carboxylic acids is 1. The number of hydrogen-bond donors (Lipinski definition) is 1. The minimum atomic E-state index is 0.0261. The molecule has 3 rings (SSSR count). The van der Waals surface area contributed by atoms with Crippen LogP contribution in [0, 0.1) is 5.92 Å². The smallest absolute Gasteiger partial charge is 0.236 e. The molecule has 0 fully saturated rings. The van der Waals surface area contributed by atoms with E-state index < -0.39 is 0 Å². The molecule has 0 bridgehead atoms. The van der Waals surface area contributed by atoms with E-state index in [-0.39, 0.29) is 5.91 Å². The molecule has 2 aromatic heterocycles. The van der Waals surface area contributed by atoms with Gasteiger partial charge < -0.3 is 5.32 Å². The van der Waals surface area contributed by atoms with Gasteiger partial charge in [-0.3, -0.25) is 9.78 Å². The Balaban J connectivity index is 1.48. The molecule has 22 heavy (non-hydrogen) atoms. The summed E-state index contributed by atoms with van der Waals surface area (Å²) in [5, 5.41) is 3.69. The second-order valence-corrected chi connectivity index (χ2v) is 7.70. The molecular weight excluding hydrogens is 314 g/mol. The molecule has 0 aromatic carbocycles. The molecule has 1 atom stereocenters. The van der Waals surface area contributed by atoms with E-state index in [9.17, 15) is 4.79 Å². The highest BCUT2D eigenvalue weighted by molar-refractivity contribution is 7.99. The molecule has 4 nitrogen and oxygen atoms in total. The fourth-order valence-electron chi connectivity index (χ4n) is 2.49. The summed E-state index contributed by atoms with van der Waals surface area (Å²) in [7, 11) is 0. The van der Waals surface area contributed by atoms with Crippen LogP contribution in [0.4, 0.5) is 5.13 Å². The third-order valence-corrected chi connectivity index (χ3v) is 5.72. The van der Waals surface area contributed by atoms with Gasteiger partial charge in [0.25, 0.3) is 0 Å². The van der Waals surface area contributed by atoms with Gasteiger partial charge in [-0.15, -0.1) is 23.1 Å². The van der Waals surface area contributed by atoms with Crippen molar-refractivity contribution in [1.29, 1.82) is 0 Å². The van der Waals surface area contributed by atoms with Crippen LogP contribution in [0.15, 0.2) is 24.5 Å². The lowest BCUT2D eigenvalue weighted by molar-refractivity contribution is -0.113. The molecule has 0 aliphatic heterocycles. The largest absolute Gasteiger partial charge is 0.301 e. The van der Waals surface area contributed by atoms with Crippen molar-refractivity contribution in [2.24, 2.45) is 5.92 Å². The summed E-state index contributed by atoms with van der Waals surface area (Å²) in [6.07, 6.45) is 6.89. The van der Waals surface area contributed by atoms with Crippen LogP contribution < -0.4 is 5.32 Å². The SMILES string of the molecule is C[C@H]1CCc2nc(NC(=O)CSCc3ccncc3)sc2C1. The summed E-state index contributed by atoms with van der Waals surface area (Å²) >= 11 is 3.24. The molecule has 116 valence electrons. The van der Waals surface area contributed by atoms with Gasteiger partial charge in [0.05, 0.1) is 11.4 Å². The summed E-state index contributed by atoms with van der Waals surface area (Å²) in [5.41, 5.74) is 2.37. The van der Waals surface area contributed by atoms with Crippen LogP contribution in [0.5, 0.6) is 0 Å². The Morgan fingerprint density at radius 1 is 1.45 bits per heavy atom. The number of aryl methyl sites for hydroxylation is 1. The summed E-state index contributed by atoms with van der Waals surface area (Å²) in [4.78, 5) is 21.9. The molecule has 1 aliphatic carbocycles. The molecule has 0 unspecified atom stereocenters. The average molecular weight is 333 g/mol. The van der Waals surface area contributed by atoms with Crippen LogP contribution >= 0.6 is 23.1 Å². The lowest BCUT2D eigenvalue weighted by Crippen LogP contribution is -2.14. The Morgan fingerprint density at radius 2 is 2.27 bits per heavy atom. The van der Waals surface area contributed by atoms with Crippen molar-refractivity contribution in [2.45, 2.75) is 31.9 Å². The maximum absolute atomic E-state index is 12.0. The molecule has 1 amide bonds. The highest BCUT2D eigenvalue weighted by Gasteiger charge is 2.20. The quantitative estimate of drug-likeness (QED) is 0.909. The summed E-state index contributed by atoms with van der Waals surface area (Å²) in [6.45, 7) is 2.27. The number of carbonyl (C=O) groups is 1. The predicted octanol–water partition coefficient (Wildman–Crippen LogP) is 3.53. The highest BCUT2D eigenvalue weighted by atomic mass is 32.2. The Labute approximate surface area is 138 Å². The van der Waals surface area contributed by atoms with E-state index in [1.807, 2.05) is 12.1 Å². The minimum Gasteiger partial charge on any atom is -0.301 e. The Bertz CT molecular complexity index is 642. The van der Waals surface area contributed by atoms with E-state index in [0.717, 1.165) is 29.6 Å². The second kappa shape index (κ2) is 7.24. The zero-order chi connectivity index (χ0) is 15.4. The van der Waals surface area contributed by atoms with E-state index in [1.54, 1.807) is 35.5 Å². The van der Waals surface area contributed by atoms with Crippen LogP contribution in [-0.4, -0.2) is 21.6 Å². The third kappa shape index (κ3) is 4.08. The van der Waals surface area contributed by atoms with Gasteiger partial charge in [0.1, 0.15) is 0 Å². The van der Waals surface area contributed by atoms with Crippen molar-refractivity contribution in [3.63, 3.8) is 0 Å². The number of nitrogens with one attached hydrogen (secondary N) is 1. The first-order chi connectivity index (χ1) is 10.7. The number of hydrogen-bond acceptors (Lipinski definition) is 5. The topological polar surface area (TPSA) is 54.9 Å². The fraction of sp³-hybridized carbons (Fsp3) is 0.438. The van der Waals surface area contributed by atoms with Gasteiger partial charge in [0.15, 0.2) is 5.13 Å². The monoisotopic (exact) mass is 333 g/mol. The van der Waals surface area contributed by atoms with Gasteiger partial charge in [0, 0.05) is 23.0 Å². The van der Waals surface area contributed by atoms with Crippen molar-refractivity contribution in [1.82, 2.24) is 9.97 Å². The molecule has 1 aliphatic rings. The molecule has 2 aromatic rings. The van der Waals surface area contributed by atoms with E-state index >= 15 is 0 Å². The highest BCUT2D eigenvalue weighted by Crippen LogP contribution is 2.32. The number of aromatic nitrogens is 2. The van der Waals surface area contributed by atoms with Crippen molar-refractivity contribution >= 4 is 34.1 Å². The number of rotatable bonds is 5. The Morgan fingerprint density at radius 3 is 3.09 bits per heavy atom. The number of thiazole rings is 1. The van der Waals surface area contributed by atoms with Crippen LogP contribution in [0.25, 0.3) is 0 Å². The molecule has 0 spiro atoms. The standard InChI is InChI=1S/C16H19N3OS2/c1-11-2-3-13-14(8-11)22-16(18-13)19-15(20)10-21-9-12-4-6-17-7-5-12/h4-7,11H,2-3,8-10H2,1H3,(H,18,19,20)/t11-/m0/s1. The second-order valence-electron chi connectivity index (χ2n) is 5.63. The van der Waals surface area contributed by atoms with Crippen molar-refractivity contribution < 1.29 is 4.79 Å². The number of pyridine rings is 1. The average Bonchev–Trinajstić information content (AvgIpc) is 2.89. The normalized spacial score (nSPS) is 17.0. The predicted molar refractivity (Wildman–Crippen MR) is 92.3 cm³/mol. The van der Waals surface area contributed by atoms with Gasteiger partial charge in [0.2, 0.25) is 5.91 Å². The van der Waals surface area contributed by atoms with E-state index in [0.29, 0.717) is 5.75 Å². The van der Waals surface area contributed by atoms with Gasteiger partial charge in [-0.25, -0.2) is 4.98 Å². The molecule has 2 heterocycles. The zero-order valence-electron chi connectivity index (χ0n) is 12.5. The van der Waals surface area contributed by atoms with Gasteiger partial charge >= 0.3 is 0 Å². The Kier molecular flexibility index (Phi) is 5.10. The summed E-state index contributed by atoms with van der Waals surface area (Å²) < 4.78 is 0. The lowest BCUT2D eigenvalue weighted by atomic mass is 9.93. The Hall–Kier alpha value is -1.40. The van der Waals surface area contributed by atoms with Crippen LogP contribution in [-0.2, 0) is 23.4 Å². The first kappa shape index (κ1) is 15.5. The van der Waals surface area contributed by atoms with E-state index in [2.05, 4.69) is 22.2 Å². The third-order valence-electron chi connectivity index (χ3n) is 3.68. The number of amides is 1. The van der Waals surface area contributed by atoms with Crippen molar-refractivity contribution in [3.8, 4) is 0 Å². The van der Waals surface area contributed by atoms with Crippen LogP contribution in [0.3, 0.4) is 0 Å². The number of anilines is 1. The van der Waals surface area contributed by atoms with E-state index in [4.69, 9.17) is 0 Å². The molecule has 0 saturated heterocycles. The molecule has 0 radical (unpaired) electrons. The van der Waals surface area contributed by atoms with Gasteiger partial charge in [-0.2, -0.15) is 0 Å². The van der Waals surface area contributed by atoms with Crippen molar-refractivity contribution in [3.05, 3.63) is 40.7 Å². The molecule has 0 saturated carbocycles. The number of fused-ring (bicyclic) bond motifs is 1. The molecule has 1 N–H and O–H groups in total. The lowest BCUT2D eigenvalue weighted by Gasteiger charge is -2.15.